The molecule has 1 aromatic rings. The fourth-order valence-electron chi connectivity index (χ4n) is 1.60. The number of furan rings is 1. The zero-order valence-electron chi connectivity index (χ0n) is 12.2. The van der Waals surface area contributed by atoms with E-state index in [0.717, 1.165) is 6.54 Å². The molecule has 0 aliphatic heterocycles. The molecule has 0 spiro atoms. The first-order chi connectivity index (χ1) is 9.62. The van der Waals surface area contributed by atoms with Crippen LogP contribution in [0.1, 0.15) is 28.8 Å². The molecule has 0 aliphatic carbocycles. The van der Waals surface area contributed by atoms with Gasteiger partial charge in [0.05, 0.1) is 7.11 Å². The number of nitrogens with zero attached hydrogens (tertiary/aromatic N) is 1. The lowest BCUT2D eigenvalue weighted by Crippen LogP contribution is -2.37. The average molecular weight is 279 g/mol. The van der Waals surface area contributed by atoms with Crippen LogP contribution in [0, 0.1) is 6.92 Å². The third kappa shape index (κ3) is 4.46. The van der Waals surface area contributed by atoms with E-state index in [1.165, 1.54) is 7.11 Å². The molecule has 0 saturated heterocycles. The summed E-state index contributed by atoms with van der Waals surface area (Å²) in [6.07, 6.45) is 1.75. The van der Waals surface area contributed by atoms with E-state index in [-0.39, 0.29) is 0 Å². The van der Waals surface area contributed by atoms with E-state index in [1.807, 2.05) is 6.92 Å². The van der Waals surface area contributed by atoms with Crippen LogP contribution in [0.4, 0.5) is 0 Å². The number of carbonyl (C=O) groups is 1. The van der Waals surface area contributed by atoms with Gasteiger partial charge in [-0.1, -0.05) is 6.08 Å². The first-order valence-corrected chi connectivity index (χ1v) is 6.43. The lowest BCUT2D eigenvalue weighted by atomic mass is 10.2. The first-order valence-electron chi connectivity index (χ1n) is 6.43. The van der Waals surface area contributed by atoms with Gasteiger partial charge in [-0.05, 0) is 19.9 Å². The molecule has 2 N–H and O–H groups in total. The van der Waals surface area contributed by atoms with Crippen molar-refractivity contribution in [2.45, 2.75) is 20.4 Å². The SMILES string of the molecule is C=CCNC(=NCc1cc(C(=O)OC)c(C)o1)NCC. The molecule has 1 aromatic heterocycles. The Morgan fingerprint density at radius 1 is 1.55 bits per heavy atom. The molecule has 110 valence electrons. The summed E-state index contributed by atoms with van der Waals surface area (Å²) >= 11 is 0. The highest BCUT2D eigenvalue weighted by atomic mass is 16.5. The van der Waals surface area contributed by atoms with Crippen molar-refractivity contribution in [3.05, 3.63) is 35.8 Å². The lowest BCUT2D eigenvalue weighted by molar-refractivity contribution is 0.0599. The molecule has 0 atom stereocenters. The zero-order chi connectivity index (χ0) is 15.0. The van der Waals surface area contributed by atoms with E-state index >= 15 is 0 Å². The largest absolute Gasteiger partial charge is 0.465 e. The van der Waals surface area contributed by atoms with Gasteiger partial charge in [-0.25, -0.2) is 9.79 Å². The number of hydrogen-bond acceptors (Lipinski definition) is 4. The van der Waals surface area contributed by atoms with E-state index in [2.05, 4.69) is 26.9 Å². The van der Waals surface area contributed by atoms with Crippen LogP contribution in [0.25, 0.3) is 0 Å². The van der Waals surface area contributed by atoms with Gasteiger partial charge in [0.1, 0.15) is 23.6 Å². The number of nitrogens with one attached hydrogen (secondary N) is 2. The Morgan fingerprint density at radius 3 is 2.90 bits per heavy atom. The highest BCUT2D eigenvalue weighted by Crippen LogP contribution is 2.16. The van der Waals surface area contributed by atoms with E-state index < -0.39 is 5.97 Å². The van der Waals surface area contributed by atoms with E-state index in [0.29, 0.717) is 36.1 Å². The van der Waals surface area contributed by atoms with Gasteiger partial charge in [-0.15, -0.1) is 6.58 Å². The van der Waals surface area contributed by atoms with Crippen LogP contribution >= 0.6 is 0 Å². The van der Waals surface area contributed by atoms with Crippen molar-refractivity contribution in [2.75, 3.05) is 20.2 Å². The van der Waals surface area contributed by atoms with Crippen molar-refractivity contribution in [3.8, 4) is 0 Å². The second-order valence-corrected chi connectivity index (χ2v) is 4.04. The topological polar surface area (TPSA) is 75.9 Å². The van der Waals surface area contributed by atoms with Crippen LogP contribution < -0.4 is 10.6 Å². The lowest BCUT2D eigenvalue weighted by Gasteiger charge is -2.08. The van der Waals surface area contributed by atoms with Gasteiger partial charge in [0.15, 0.2) is 5.96 Å². The molecule has 20 heavy (non-hydrogen) atoms. The summed E-state index contributed by atoms with van der Waals surface area (Å²) in [4.78, 5) is 15.8. The van der Waals surface area contributed by atoms with Crippen LogP contribution in [0.2, 0.25) is 0 Å². The Labute approximate surface area is 118 Å². The molecule has 6 heteroatoms. The molecule has 0 aromatic carbocycles. The summed E-state index contributed by atoms with van der Waals surface area (Å²) in [5, 5.41) is 6.18. The smallest absolute Gasteiger partial charge is 0.341 e. The summed E-state index contributed by atoms with van der Waals surface area (Å²) < 4.78 is 10.2. The third-order valence-corrected chi connectivity index (χ3v) is 2.53. The highest BCUT2D eigenvalue weighted by Gasteiger charge is 2.14. The number of ether oxygens (including phenoxy) is 1. The second-order valence-electron chi connectivity index (χ2n) is 4.04. The van der Waals surface area contributed by atoms with E-state index in [1.54, 1.807) is 19.1 Å². The van der Waals surface area contributed by atoms with Crippen molar-refractivity contribution >= 4 is 11.9 Å². The summed E-state index contributed by atoms with van der Waals surface area (Å²) in [5.74, 6) is 1.41. The standard InChI is InChI=1S/C14H21N3O3/c1-5-7-16-14(15-6-2)17-9-11-8-12(10(3)20-11)13(18)19-4/h5,8H,1,6-7,9H2,2-4H3,(H2,15,16,17). The average Bonchev–Trinajstić information content (AvgIpc) is 2.82. The molecule has 0 radical (unpaired) electrons. The molecule has 0 unspecified atom stereocenters. The Hall–Kier alpha value is -2.24. The maximum Gasteiger partial charge on any atom is 0.341 e. The fraction of sp³-hybridized carbons (Fsp3) is 0.429. The number of esters is 1. The number of methoxy groups -OCH3 is 1. The van der Waals surface area contributed by atoms with Gasteiger partial charge < -0.3 is 19.8 Å². The van der Waals surface area contributed by atoms with E-state index in [4.69, 9.17) is 4.42 Å². The summed E-state index contributed by atoms with van der Waals surface area (Å²) in [5.41, 5.74) is 0.432. The molecule has 0 aliphatic rings. The van der Waals surface area contributed by atoms with Crippen molar-refractivity contribution in [3.63, 3.8) is 0 Å². The quantitative estimate of drug-likeness (QED) is 0.358. The number of rotatable bonds is 6. The van der Waals surface area contributed by atoms with Crippen LogP contribution in [0.3, 0.4) is 0 Å². The highest BCUT2D eigenvalue weighted by molar-refractivity contribution is 5.90. The van der Waals surface area contributed by atoms with Crippen LogP contribution in [-0.2, 0) is 11.3 Å². The summed E-state index contributed by atoms with van der Waals surface area (Å²) in [6.45, 7) is 9.06. The Balaban J connectivity index is 2.75. The normalized spacial score (nSPS) is 11.1. The minimum Gasteiger partial charge on any atom is -0.465 e. The predicted molar refractivity (Wildman–Crippen MR) is 77.8 cm³/mol. The van der Waals surface area contributed by atoms with Crippen LogP contribution in [0.15, 0.2) is 28.1 Å². The third-order valence-electron chi connectivity index (χ3n) is 2.53. The van der Waals surface area contributed by atoms with Gasteiger partial charge in [0, 0.05) is 13.1 Å². The van der Waals surface area contributed by atoms with Crippen molar-refractivity contribution in [1.29, 1.82) is 0 Å². The van der Waals surface area contributed by atoms with Crippen molar-refractivity contribution < 1.29 is 13.9 Å². The van der Waals surface area contributed by atoms with Crippen molar-refractivity contribution in [1.82, 2.24) is 10.6 Å². The van der Waals surface area contributed by atoms with Crippen LogP contribution in [-0.4, -0.2) is 32.1 Å². The molecule has 1 heterocycles. The maximum absolute atomic E-state index is 11.5. The molecule has 0 saturated carbocycles. The van der Waals surface area contributed by atoms with Crippen molar-refractivity contribution in [2.24, 2.45) is 4.99 Å². The Morgan fingerprint density at radius 2 is 2.30 bits per heavy atom. The molecule has 1 rings (SSSR count). The zero-order valence-corrected chi connectivity index (χ0v) is 12.2. The number of hydrogen-bond donors (Lipinski definition) is 2. The van der Waals surface area contributed by atoms with E-state index in [9.17, 15) is 4.79 Å². The molecule has 0 bridgehead atoms. The van der Waals surface area contributed by atoms with Gasteiger partial charge >= 0.3 is 5.97 Å². The minimum absolute atomic E-state index is 0.338. The number of carbonyl (C=O) groups excluding carboxylic acids is 1. The molecular weight excluding hydrogens is 258 g/mol. The Kier molecular flexibility index (Phi) is 6.36. The molecular formula is C14H21N3O3. The first kappa shape index (κ1) is 15.8. The van der Waals surface area contributed by atoms with Gasteiger partial charge in [-0.2, -0.15) is 0 Å². The van der Waals surface area contributed by atoms with Gasteiger partial charge in [-0.3, -0.25) is 0 Å². The van der Waals surface area contributed by atoms with Gasteiger partial charge in [0.25, 0.3) is 0 Å². The summed E-state index contributed by atoms with van der Waals surface area (Å²) in [7, 11) is 1.34. The molecule has 0 amide bonds. The number of aliphatic imine (C=N–C) groups is 1. The Bertz CT molecular complexity index is 492. The number of aryl methyl sites for hydroxylation is 1. The molecule has 0 fully saturated rings. The van der Waals surface area contributed by atoms with Crippen LogP contribution in [0.5, 0.6) is 0 Å². The summed E-state index contributed by atoms with van der Waals surface area (Å²) in [6, 6.07) is 1.65. The fourth-order valence-corrected chi connectivity index (χ4v) is 1.60. The number of guanidine groups is 1. The molecule has 6 nitrogen and oxygen atoms in total. The maximum atomic E-state index is 11.5. The monoisotopic (exact) mass is 279 g/mol. The van der Waals surface area contributed by atoms with Gasteiger partial charge in [0.2, 0.25) is 0 Å². The minimum atomic E-state index is -0.404. The predicted octanol–water partition coefficient (Wildman–Crippen LogP) is 1.62. The second kappa shape index (κ2) is 8.04.